The third kappa shape index (κ3) is 3.18. The SMILES string of the molecule is C=CCN1C(=NC(=O)COC)S[C@@H]2CS(=O)(=O)C[C@H]21. The van der Waals surface area contributed by atoms with E-state index in [9.17, 15) is 13.2 Å². The third-order valence-electron chi connectivity index (χ3n) is 2.99. The Morgan fingerprint density at radius 2 is 2.37 bits per heavy atom. The van der Waals surface area contributed by atoms with E-state index in [4.69, 9.17) is 4.74 Å². The van der Waals surface area contributed by atoms with Crippen molar-refractivity contribution >= 4 is 32.7 Å². The first-order valence-corrected chi connectivity index (χ1v) is 8.52. The Labute approximate surface area is 116 Å². The number of ether oxygens (including phenoxy) is 1. The van der Waals surface area contributed by atoms with Crippen LogP contribution in [0, 0.1) is 0 Å². The molecule has 0 saturated carbocycles. The lowest BCUT2D eigenvalue weighted by molar-refractivity contribution is -0.121. The molecule has 0 radical (unpaired) electrons. The van der Waals surface area contributed by atoms with Gasteiger partial charge in [0.25, 0.3) is 5.91 Å². The van der Waals surface area contributed by atoms with Crippen LogP contribution in [-0.4, -0.2) is 67.5 Å². The highest BCUT2D eigenvalue weighted by Crippen LogP contribution is 2.37. The topological polar surface area (TPSA) is 76.0 Å². The van der Waals surface area contributed by atoms with E-state index in [0.717, 1.165) is 0 Å². The molecule has 0 aromatic rings. The van der Waals surface area contributed by atoms with Crippen LogP contribution in [0.2, 0.25) is 0 Å². The van der Waals surface area contributed by atoms with Gasteiger partial charge in [-0.05, 0) is 0 Å². The molecule has 8 heteroatoms. The van der Waals surface area contributed by atoms with Gasteiger partial charge in [-0.3, -0.25) is 4.79 Å². The molecule has 2 aliphatic rings. The number of carbonyl (C=O) groups is 1. The fourth-order valence-electron chi connectivity index (χ4n) is 2.25. The number of sulfone groups is 1. The van der Waals surface area contributed by atoms with Crippen LogP contribution in [0.15, 0.2) is 17.6 Å². The highest BCUT2D eigenvalue weighted by molar-refractivity contribution is 8.15. The molecular formula is C11H16N2O4S2. The summed E-state index contributed by atoms with van der Waals surface area (Å²) in [5.41, 5.74) is 0. The first-order valence-electron chi connectivity index (χ1n) is 5.82. The zero-order chi connectivity index (χ0) is 14.0. The molecule has 0 bridgehead atoms. The predicted octanol–water partition coefficient (Wildman–Crippen LogP) is -0.0842. The first kappa shape index (κ1) is 14.5. The lowest BCUT2D eigenvalue weighted by Crippen LogP contribution is -2.37. The Morgan fingerprint density at radius 1 is 1.63 bits per heavy atom. The quantitative estimate of drug-likeness (QED) is 0.676. The van der Waals surface area contributed by atoms with Gasteiger partial charge in [0, 0.05) is 18.9 Å². The summed E-state index contributed by atoms with van der Waals surface area (Å²) in [6, 6.07) is -0.109. The molecule has 6 nitrogen and oxygen atoms in total. The monoisotopic (exact) mass is 304 g/mol. The molecule has 106 valence electrons. The maximum Gasteiger partial charge on any atom is 0.274 e. The minimum Gasteiger partial charge on any atom is -0.375 e. The van der Waals surface area contributed by atoms with Gasteiger partial charge < -0.3 is 9.64 Å². The Kier molecular flexibility index (Phi) is 4.32. The summed E-state index contributed by atoms with van der Waals surface area (Å²) < 4.78 is 28.0. The summed E-state index contributed by atoms with van der Waals surface area (Å²) in [4.78, 5) is 17.3. The number of amides is 1. The third-order valence-corrected chi connectivity index (χ3v) is 6.24. The van der Waals surface area contributed by atoms with E-state index in [1.807, 2.05) is 4.90 Å². The van der Waals surface area contributed by atoms with E-state index in [1.54, 1.807) is 6.08 Å². The number of amidine groups is 1. The van der Waals surface area contributed by atoms with Crippen LogP contribution in [0.25, 0.3) is 0 Å². The Morgan fingerprint density at radius 3 is 3.00 bits per heavy atom. The molecular weight excluding hydrogens is 288 g/mol. The maximum atomic E-state index is 11.6. The number of nitrogens with zero attached hydrogens (tertiary/aromatic N) is 2. The number of methoxy groups -OCH3 is 1. The highest BCUT2D eigenvalue weighted by atomic mass is 32.2. The van der Waals surface area contributed by atoms with Crippen LogP contribution in [0.4, 0.5) is 0 Å². The standard InChI is InChI=1S/C11H16N2O4S2/c1-3-4-13-8-6-19(15,16)7-9(8)18-11(13)12-10(14)5-17-2/h3,8-9H,1,4-7H2,2H3/t8-,9-/m1/s1. The smallest absolute Gasteiger partial charge is 0.274 e. The summed E-state index contributed by atoms with van der Waals surface area (Å²) in [6.07, 6.45) is 1.68. The fraction of sp³-hybridized carbons (Fsp3) is 0.636. The molecule has 2 saturated heterocycles. The Hall–Kier alpha value is -0.860. The van der Waals surface area contributed by atoms with Gasteiger partial charge in [0.15, 0.2) is 15.0 Å². The van der Waals surface area contributed by atoms with Crippen LogP contribution in [0.3, 0.4) is 0 Å². The molecule has 2 rings (SSSR count). The minimum atomic E-state index is -2.98. The second-order valence-electron chi connectivity index (χ2n) is 4.46. The van der Waals surface area contributed by atoms with E-state index in [0.29, 0.717) is 11.7 Å². The Balaban J connectivity index is 2.19. The van der Waals surface area contributed by atoms with Crippen LogP contribution in [-0.2, 0) is 19.4 Å². The van der Waals surface area contributed by atoms with Crippen LogP contribution in [0.5, 0.6) is 0 Å². The van der Waals surface area contributed by atoms with Gasteiger partial charge in [0.05, 0.1) is 17.5 Å². The van der Waals surface area contributed by atoms with Crippen molar-refractivity contribution in [3.63, 3.8) is 0 Å². The fourth-order valence-corrected chi connectivity index (χ4v) is 6.23. The van der Waals surface area contributed by atoms with Gasteiger partial charge >= 0.3 is 0 Å². The number of thioether (sulfide) groups is 1. The molecule has 0 aromatic heterocycles. The molecule has 0 spiro atoms. The zero-order valence-corrected chi connectivity index (χ0v) is 12.2. The average Bonchev–Trinajstić information content (AvgIpc) is 2.74. The number of hydrogen-bond acceptors (Lipinski definition) is 5. The van der Waals surface area contributed by atoms with E-state index in [2.05, 4.69) is 11.6 Å². The molecule has 0 unspecified atom stereocenters. The van der Waals surface area contributed by atoms with Crippen molar-refractivity contribution in [3.05, 3.63) is 12.7 Å². The lowest BCUT2D eigenvalue weighted by atomic mass is 10.2. The lowest BCUT2D eigenvalue weighted by Gasteiger charge is -2.22. The minimum absolute atomic E-state index is 0.0426. The molecule has 0 aliphatic carbocycles. The van der Waals surface area contributed by atoms with Gasteiger partial charge in [0.1, 0.15) is 6.61 Å². The predicted molar refractivity (Wildman–Crippen MR) is 75.0 cm³/mol. The second kappa shape index (κ2) is 5.64. The van der Waals surface area contributed by atoms with Gasteiger partial charge in [-0.15, -0.1) is 6.58 Å². The molecule has 0 aromatic carbocycles. The first-order chi connectivity index (χ1) is 8.96. The van der Waals surface area contributed by atoms with E-state index in [1.165, 1.54) is 18.9 Å². The van der Waals surface area contributed by atoms with Gasteiger partial charge in [-0.1, -0.05) is 17.8 Å². The number of carbonyl (C=O) groups excluding carboxylic acids is 1. The van der Waals surface area contributed by atoms with Crippen molar-refractivity contribution < 1.29 is 17.9 Å². The molecule has 2 aliphatic heterocycles. The van der Waals surface area contributed by atoms with Gasteiger partial charge in [-0.2, -0.15) is 4.99 Å². The summed E-state index contributed by atoms with van der Waals surface area (Å²) in [5, 5.41) is 0.533. The van der Waals surface area contributed by atoms with Crippen molar-refractivity contribution in [1.82, 2.24) is 4.90 Å². The molecule has 0 N–H and O–H groups in total. The molecule has 1 amide bonds. The summed E-state index contributed by atoms with van der Waals surface area (Å²) >= 11 is 1.36. The number of aliphatic imine (C=N–C) groups is 1. The van der Waals surface area contributed by atoms with Crippen molar-refractivity contribution in [2.45, 2.75) is 11.3 Å². The second-order valence-corrected chi connectivity index (χ2v) is 7.82. The van der Waals surface area contributed by atoms with Crippen molar-refractivity contribution in [2.24, 2.45) is 4.99 Å². The van der Waals surface area contributed by atoms with Crippen LogP contribution < -0.4 is 0 Å². The number of hydrogen-bond donors (Lipinski definition) is 0. The summed E-state index contributed by atoms with van der Waals surface area (Å²) in [7, 11) is -1.55. The maximum absolute atomic E-state index is 11.6. The number of fused-ring (bicyclic) bond motifs is 1. The van der Waals surface area contributed by atoms with E-state index >= 15 is 0 Å². The van der Waals surface area contributed by atoms with Crippen molar-refractivity contribution in [2.75, 3.05) is 31.8 Å². The molecule has 2 atom stereocenters. The van der Waals surface area contributed by atoms with E-state index in [-0.39, 0.29) is 35.3 Å². The number of rotatable bonds is 4. The largest absolute Gasteiger partial charge is 0.375 e. The summed E-state index contributed by atoms with van der Waals surface area (Å²) in [5.74, 6) is -0.0920. The zero-order valence-electron chi connectivity index (χ0n) is 10.6. The molecule has 19 heavy (non-hydrogen) atoms. The van der Waals surface area contributed by atoms with Crippen LogP contribution in [0.1, 0.15) is 0 Å². The highest BCUT2D eigenvalue weighted by Gasteiger charge is 2.48. The normalized spacial score (nSPS) is 30.6. The Bertz CT molecular complexity index is 515. The van der Waals surface area contributed by atoms with Crippen LogP contribution >= 0.6 is 11.8 Å². The average molecular weight is 304 g/mol. The van der Waals surface area contributed by atoms with Gasteiger partial charge in [0.2, 0.25) is 0 Å². The molecule has 2 heterocycles. The molecule has 2 fully saturated rings. The van der Waals surface area contributed by atoms with Gasteiger partial charge in [-0.25, -0.2) is 8.42 Å². The summed E-state index contributed by atoms with van der Waals surface area (Å²) in [6.45, 7) is 4.08. The van der Waals surface area contributed by atoms with Crippen molar-refractivity contribution in [1.29, 1.82) is 0 Å². The van der Waals surface area contributed by atoms with E-state index < -0.39 is 9.84 Å². The van der Waals surface area contributed by atoms with Crippen molar-refractivity contribution in [3.8, 4) is 0 Å².